The lowest BCUT2D eigenvalue weighted by atomic mass is 10.1. The Labute approximate surface area is 123 Å². The van der Waals surface area contributed by atoms with E-state index in [4.69, 9.17) is 9.84 Å². The molecule has 1 N–H and O–H groups in total. The zero-order valence-electron chi connectivity index (χ0n) is 11.0. The first kappa shape index (κ1) is 14.9. The molecule has 0 spiro atoms. The Morgan fingerprint density at radius 1 is 1.52 bits per heavy atom. The van der Waals surface area contributed by atoms with E-state index in [0.29, 0.717) is 12.2 Å². The van der Waals surface area contributed by atoms with Crippen molar-refractivity contribution in [2.75, 3.05) is 0 Å². The summed E-state index contributed by atoms with van der Waals surface area (Å²) in [5.74, 6) is -0.966. The van der Waals surface area contributed by atoms with Gasteiger partial charge in [0, 0.05) is 24.0 Å². The highest BCUT2D eigenvalue weighted by Gasteiger charge is 2.25. The first-order chi connectivity index (χ1) is 10.0. The van der Waals surface area contributed by atoms with Crippen LogP contribution in [-0.4, -0.2) is 25.4 Å². The van der Waals surface area contributed by atoms with Gasteiger partial charge in [-0.3, -0.25) is 10.1 Å². The highest BCUT2D eigenvalue weighted by atomic mass is 32.1. The number of aryl methyl sites for hydroxylation is 1. The molecule has 21 heavy (non-hydrogen) atoms. The van der Waals surface area contributed by atoms with Crippen LogP contribution in [0.4, 0.5) is 5.69 Å². The number of aromatic nitrogens is 2. The second kappa shape index (κ2) is 6.27. The molecule has 0 aliphatic carbocycles. The number of hydrogen-bond acceptors (Lipinski definition) is 7. The van der Waals surface area contributed by atoms with Crippen molar-refractivity contribution in [3.8, 4) is 10.9 Å². The van der Waals surface area contributed by atoms with E-state index in [-0.39, 0.29) is 10.9 Å². The number of aromatic carboxylic acids is 1. The maximum atomic E-state index is 11.2. The summed E-state index contributed by atoms with van der Waals surface area (Å²) in [6, 6.07) is 3.81. The zero-order chi connectivity index (χ0) is 15.4. The Kier molecular flexibility index (Phi) is 4.43. The second-order valence-corrected chi connectivity index (χ2v) is 4.76. The predicted octanol–water partition coefficient (Wildman–Crippen LogP) is 2.89. The summed E-state index contributed by atoms with van der Waals surface area (Å²) in [6.45, 7) is 1.98. The van der Waals surface area contributed by atoms with Crippen LogP contribution in [-0.2, 0) is 6.42 Å². The first-order valence-electron chi connectivity index (χ1n) is 6.04. The highest BCUT2D eigenvalue weighted by Crippen LogP contribution is 2.32. The van der Waals surface area contributed by atoms with E-state index >= 15 is 0 Å². The van der Waals surface area contributed by atoms with Gasteiger partial charge >= 0.3 is 5.97 Å². The maximum absolute atomic E-state index is 11.2. The van der Waals surface area contributed by atoms with Crippen LogP contribution in [0.5, 0.6) is 10.9 Å². The van der Waals surface area contributed by atoms with Gasteiger partial charge < -0.3 is 9.84 Å². The number of carbonyl (C=O) groups is 1. The van der Waals surface area contributed by atoms with Crippen molar-refractivity contribution in [3.63, 3.8) is 0 Å². The third kappa shape index (κ3) is 3.31. The van der Waals surface area contributed by atoms with Crippen molar-refractivity contribution in [2.45, 2.75) is 19.8 Å². The number of nitro benzene ring substituents is 1. The van der Waals surface area contributed by atoms with E-state index in [1.165, 1.54) is 12.1 Å². The average molecular weight is 309 g/mol. The normalized spacial score (nSPS) is 10.3. The summed E-state index contributed by atoms with van der Waals surface area (Å²) in [4.78, 5) is 25.4. The molecule has 0 aliphatic rings. The molecule has 2 rings (SSSR count). The Morgan fingerprint density at radius 2 is 2.29 bits per heavy atom. The lowest BCUT2D eigenvalue weighted by molar-refractivity contribution is -0.385. The summed E-state index contributed by atoms with van der Waals surface area (Å²) in [7, 11) is 0. The van der Waals surface area contributed by atoms with Crippen LogP contribution in [0.3, 0.4) is 0 Å². The molecule has 0 aliphatic heterocycles. The SMILES string of the molecule is CCCc1nsc(Oc2cccc([N+](=O)[O-])c2C(=O)O)n1. The third-order valence-electron chi connectivity index (χ3n) is 2.54. The number of nitro groups is 1. The molecule has 0 saturated carbocycles. The molecule has 0 amide bonds. The summed E-state index contributed by atoms with van der Waals surface area (Å²) in [5, 5.41) is 20.2. The molecule has 110 valence electrons. The molecular formula is C12H11N3O5S. The third-order valence-corrected chi connectivity index (χ3v) is 3.17. The smallest absolute Gasteiger partial charge is 0.346 e. The van der Waals surface area contributed by atoms with Gasteiger partial charge in [0.25, 0.3) is 10.9 Å². The largest absolute Gasteiger partial charge is 0.477 e. The number of carboxylic acids is 1. The van der Waals surface area contributed by atoms with Crippen molar-refractivity contribution >= 4 is 23.2 Å². The van der Waals surface area contributed by atoms with Crippen LogP contribution < -0.4 is 4.74 Å². The van der Waals surface area contributed by atoms with E-state index in [9.17, 15) is 14.9 Å². The summed E-state index contributed by atoms with van der Waals surface area (Å²) in [5.41, 5.74) is -1.03. The molecule has 1 aromatic heterocycles. The molecular weight excluding hydrogens is 298 g/mol. The van der Waals surface area contributed by atoms with E-state index in [1.807, 2.05) is 6.92 Å². The molecule has 0 saturated heterocycles. The van der Waals surface area contributed by atoms with Gasteiger partial charge in [-0.05, 0) is 12.5 Å². The minimum Gasteiger partial charge on any atom is -0.477 e. The van der Waals surface area contributed by atoms with Crippen molar-refractivity contribution < 1.29 is 19.6 Å². The Hall–Kier alpha value is -2.55. The number of nitrogens with zero attached hydrogens (tertiary/aromatic N) is 3. The van der Waals surface area contributed by atoms with Gasteiger partial charge in [-0.2, -0.15) is 9.36 Å². The Balaban J connectivity index is 2.36. The number of benzene rings is 1. The van der Waals surface area contributed by atoms with Gasteiger partial charge in [-0.15, -0.1) is 0 Å². The topological polar surface area (TPSA) is 115 Å². The van der Waals surface area contributed by atoms with E-state index in [2.05, 4.69) is 9.36 Å². The Bertz CT molecular complexity index is 685. The number of carboxylic acid groups (broad SMARTS) is 1. The van der Waals surface area contributed by atoms with Gasteiger partial charge in [-0.25, -0.2) is 4.79 Å². The lowest BCUT2D eigenvalue weighted by Crippen LogP contribution is -2.05. The average Bonchev–Trinajstić information content (AvgIpc) is 2.86. The number of rotatable bonds is 6. The summed E-state index contributed by atoms with van der Waals surface area (Å²) < 4.78 is 9.41. The maximum Gasteiger partial charge on any atom is 0.346 e. The highest BCUT2D eigenvalue weighted by molar-refractivity contribution is 7.07. The molecule has 1 aromatic carbocycles. The Morgan fingerprint density at radius 3 is 2.90 bits per heavy atom. The van der Waals surface area contributed by atoms with Crippen LogP contribution in [0, 0.1) is 10.1 Å². The molecule has 0 atom stereocenters. The van der Waals surface area contributed by atoms with Crippen molar-refractivity contribution in [2.24, 2.45) is 0 Å². The molecule has 2 aromatic rings. The minimum absolute atomic E-state index is 0.129. The van der Waals surface area contributed by atoms with Gasteiger partial charge in [0.05, 0.1) is 4.92 Å². The predicted molar refractivity (Wildman–Crippen MR) is 74.0 cm³/mol. The quantitative estimate of drug-likeness (QED) is 0.644. The first-order valence-corrected chi connectivity index (χ1v) is 6.81. The summed E-state index contributed by atoms with van der Waals surface area (Å²) in [6.07, 6.45) is 1.55. The van der Waals surface area contributed by atoms with E-state index in [0.717, 1.165) is 24.0 Å². The van der Waals surface area contributed by atoms with Crippen molar-refractivity contribution in [1.29, 1.82) is 0 Å². The second-order valence-electron chi connectivity index (χ2n) is 4.04. The van der Waals surface area contributed by atoms with Crippen LogP contribution in [0.15, 0.2) is 18.2 Å². The van der Waals surface area contributed by atoms with Gasteiger partial charge in [0.15, 0.2) is 11.3 Å². The van der Waals surface area contributed by atoms with Crippen LogP contribution >= 0.6 is 11.5 Å². The molecule has 0 unspecified atom stereocenters. The molecule has 9 heteroatoms. The molecule has 0 bridgehead atoms. The van der Waals surface area contributed by atoms with Gasteiger partial charge in [0.1, 0.15) is 5.82 Å². The fourth-order valence-corrected chi connectivity index (χ4v) is 2.26. The molecule has 0 fully saturated rings. The molecule has 1 heterocycles. The number of ether oxygens (including phenoxy) is 1. The van der Waals surface area contributed by atoms with Gasteiger partial charge in [0.2, 0.25) is 0 Å². The standard InChI is InChI=1S/C12H11N3O5S/c1-2-4-9-13-12(21-14-9)20-8-6-3-5-7(15(18)19)10(8)11(16)17/h3,5-6H,2,4H2,1H3,(H,16,17). The number of hydrogen-bond donors (Lipinski definition) is 1. The molecule has 8 nitrogen and oxygen atoms in total. The lowest BCUT2D eigenvalue weighted by Gasteiger charge is -2.05. The van der Waals surface area contributed by atoms with Crippen LogP contribution in [0.1, 0.15) is 29.5 Å². The summed E-state index contributed by atoms with van der Waals surface area (Å²) >= 11 is 0.973. The van der Waals surface area contributed by atoms with Gasteiger partial charge in [-0.1, -0.05) is 13.0 Å². The molecule has 0 radical (unpaired) electrons. The van der Waals surface area contributed by atoms with Crippen molar-refractivity contribution in [1.82, 2.24) is 9.36 Å². The monoisotopic (exact) mass is 309 g/mol. The van der Waals surface area contributed by atoms with Crippen LogP contribution in [0.25, 0.3) is 0 Å². The zero-order valence-corrected chi connectivity index (χ0v) is 11.8. The van der Waals surface area contributed by atoms with Crippen molar-refractivity contribution in [3.05, 3.63) is 39.7 Å². The van der Waals surface area contributed by atoms with Crippen LogP contribution in [0.2, 0.25) is 0 Å². The fraction of sp³-hybridized carbons (Fsp3) is 0.250. The minimum atomic E-state index is -1.43. The van der Waals surface area contributed by atoms with E-state index < -0.39 is 22.1 Å². The fourth-order valence-electron chi connectivity index (χ4n) is 1.67. The van der Waals surface area contributed by atoms with E-state index in [1.54, 1.807) is 0 Å².